The highest BCUT2D eigenvalue weighted by Crippen LogP contribution is 2.24. The molecule has 1 saturated carbocycles. The summed E-state index contributed by atoms with van der Waals surface area (Å²) in [6.45, 7) is 2.99. The summed E-state index contributed by atoms with van der Waals surface area (Å²) in [5, 5.41) is 12.1. The Hall–Kier alpha value is -1.55. The molecule has 0 aromatic heterocycles. The number of benzene rings is 1. The molecule has 2 N–H and O–H groups in total. The third kappa shape index (κ3) is 7.47. The lowest BCUT2D eigenvalue weighted by molar-refractivity contribution is -0.121. The summed E-state index contributed by atoms with van der Waals surface area (Å²) in [5.41, 5.74) is 1.14. The van der Waals surface area contributed by atoms with Gasteiger partial charge in [-0.3, -0.25) is 4.79 Å². The molecule has 1 aliphatic carbocycles. The summed E-state index contributed by atoms with van der Waals surface area (Å²) < 4.78 is 6.03. The Bertz CT molecular complexity index is 506. The van der Waals surface area contributed by atoms with E-state index in [4.69, 9.17) is 9.84 Å². The molecule has 1 aromatic rings. The number of hydrogen-bond acceptors (Lipinski definition) is 3. The van der Waals surface area contributed by atoms with E-state index >= 15 is 0 Å². The number of aliphatic hydroxyl groups is 1. The van der Waals surface area contributed by atoms with Gasteiger partial charge >= 0.3 is 0 Å². The lowest BCUT2D eigenvalue weighted by atomic mass is 10.00. The van der Waals surface area contributed by atoms with Crippen molar-refractivity contribution in [2.75, 3.05) is 13.2 Å². The molecule has 4 heteroatoms. The third-order valence-corrected chi connectivity index (χ3v) is 4.97. The van der Waals surface area contributed by atoms with E-state index < -0.39 is 0 Å². The highest BCUT2D eigenvalue weighted by Gasteiger charge is 2.16. The minimum absolute atomic E-state index is 0.0844. The van der Waals surface area contributed by atoms with Crippen LogP contribution in [0.4, 0.5) is 0 Å². The average molecular weight is 347 g/mol. The van der Waals surface area contributed by atoms with Crippen LogP contribution in [-0.4, -0.2) is 30.3 Å². The summed E-state index contributed by atoms with van der Waals surface area (Å²) in [7, 11) is 0. The van der Waals surface area contributed by atoms with Crippen LogP contribution in [0.5, 0.6) is 5.75 Å². The van der Waals surface area contributed by atoms with Crippen molar-refractivity contribution in [1.82, 2.24) is 5.32 Å². The minimum Gasteiger partial charge on any atom is -0.490 e. The molecule has 1 atom stereocenters. The van der Waals surface area contributed by atoms with Gasteiger partial charge in [-0.1, -0.05) is 25.5 Å². The van der Waals surface area contributed by atoms with Crippen molar-refractivity contribution in [3.8, 4) is 5.75 Å². The summed E-state index contributed by atoms with van der Waals surface area (Å²) in [4.78, 5) is 12.1. The quantitative estimate of drug-likeness (QED) is 0.639. The predicted octanol–water partition coefficient (Wildman–Crippen LogP) is 3.86. The van der Waals surface area contributed by atoms with Gasteiger partial charge in [-0.25, -0.2) is 0 Å². The second-order valence-corrected chi connectivity index (χ2v) is 7.14. The fourth-order valence-corrected chi connectivity index (χ4v) is 3.52. The van der Waals surface area contributed by atoms with E-state index in [1.165, 1.54) is 12.8 Å². The van der Waals surface area contributed by atoms with Gasteiger partial charge in [0, 0.05) is 19.6 Å². The maximum Gasteiger partial charge on any atom is 0.220 e. The normalized spacial score (nSPS) is 15.9. The van der Waals surface area contributed by atoms with Crippen molar-refractivity contribution < 1.29 is 14.6 Å². The van der Waals surface area contributed by atoms with Crippen LogP contribution in [0.3, 0.4) is 0 Å². The highest BCUT2D eigenvalue weighted by molar-refractivity contribution is 5.76. The molecule has 0 bridgehead atoms. The van der Waals surface area contributed by atoms with Gasteiger partial charge in [0.15, 0.2) is 0 Å². The Balaban J connectivity index is 1.73. The lowest BCUT2D eigenvalue weighted by Gasteiger charge is -2.16. The number of carbonyl (C=O) groups is 1. The molecule has 0 radical (unpaired) electrons. The van der Waals surface area contributed by atoms with Crippen LogP contribution in [-0.2, 0) is 11.2 Å². The molecule has 1 aromatic carbocycles. The molecule has 0 heterocycles. The minimum atomic E-state index is 0.0844. The standard InChI is InChI=1S/C21H33NO3/c1-2-6-18(13-14-23)16-22-21(24)12-11-17-7-5-10-20(15-17)25-19-8-3-4-9-19/h5,7,10,15,18-19,23H,2-4,6,8-9,11-14,16H2,1H3,(H,22,24). The fourth-order valence-electron chi connectivity index (χ4n) is 3.52. The smallest absolute Gasteiger partial charge is 0.220 e. The van der Waals surface area contributed by atoms with Gasteiger partial charge in [-0.05, 0) is 68.6 Å². The Morgan fingerprint density at radius 2 is 2.12 bits per heavy atom. The van der Waals surface area contributed by atoms with Crippen LogP contribution in [0, 0.1) is 5.92 Å². The van der Waals surface area contributed by atoms with E-state index in [9.17, 15) is 4.79 Å². The van der Waals surface area contributed by atoms with Crippen molar-refractivity contribution in [3.05, 3.63) is 29.8 Å². The van der Waals surface area contributed by atoms with Crippen LogP contribution < -0.4 is 10.1 Å². The molecule has 1 aliphatic rings. The third-order valence-electron chi connectivity index (χ3n) is 4.97. The summed E-state index contributed by atoms with van der Waals surface area (Å²) in [6.07, 6.45) is 9.29. The van der Waals surface area contributed by atoms with Gasteiger partial charge < -0.3 is 15.2 Å². The van der Waals surface area contributed by atoms with Crippen molar-refractivity contribution in [3.63, 3.8) is 0 Å². The van der Waals surface area contributed by atoms with Gasteiger partial charge in [0.1, 0.15) is 5.75 Å². The van der Waals surface area contributed by atoms with E-state index in [0.717, 1.165) is 49.8 Å². The number of aliphatic hydroxyl groups excluding tert-OH is 1. The first-order valence-electron chi connectivity index (χ1n) is 9.84. The molecule has 25 heavy (non-hydrogen) atoms. The number of ether oxygens (including phenoxy) is 1. The molecule has 4 nitrogen and oxygen atoms in total. The van der Waals surface area contributed by atoms with Gasteiger partial charge in [0.25, 0.3) is 0 Å². The van der Waals surface area contributed by atoms with Gasteiger partial charge in [-0.15, -0.1) is 0 Å². The fraction of sp³-hybridized carbons (Fsp3) is 0.667. The average Bonchev–Trinajstić information content (AvgIpc) is 3.11. The van der Waals surface area contributed by atoms with E-state index in [1.54, 1.807) is 0 Å². The molecule has 2 rings (SSSR count). The predicted molar refractivity (Wildman–Crippen MR) is 101 cm³/mol. The number of carbonyl (C=O) groups excluding carboxylic acids is 1. The number of hydrogen-bond donors (Lipinski definition) is 2. The van der Waals surface area contributed by atoms with Gasteiger partial charge in [0.2, 0.25) is 5.91 Å². The monoisotopic (exact) mass is 347 g/mol. The summed E-state index contributed by atoms with van der Waals surface area (Å²) >= 11 is 0. The van der Waals surface area contributed by atoms with E-state index in [-0.39, 0.29) is 12.5 Å². The molecule has 0 saturated heterocycles. The van der Waals surface area contributed by atoms with Gasteiger partial charge in [-0.2, -0.15) is 0 Å². The summed E-state index contributed by atoms with van der Waals surface area (Å²) in [5.74, 6) is 1.39. The van der Waals surface area contributed by atoms with E-state index in [2.05, 4.69) is 24.4 Å². The molecule has 1 unspecified atom stereocenters. The zero-order valence-electron chi connectivity index (χ0n) is 15.5. The maximum absolute atomic E-state index is 12.1. The van der Waals surface area contributed by atoms with Crippen LogP contribution >= 0.6 is 0 Å². The van der Waals surface area contributed by atoms with Crippen molar-refractivity contribution in [1.29, 1.82) is 0 Å². The Labute approximate surface area is 152 Å². The molecule has 140 valence electrons. The van der Waals surface area contributed by atoms with Crippen LogP contribution in [0.15, 0.2) is 24.3 Å². The SMILES string of the molecule is CCCC(CCO)CNC(=O)CCc1cccc(OC2CCCC2)c1. The van der Waals surface area contributed by atoms with Crippen molar-refractivity contribution in [2.24, 2.45) is 5.92 Å². The Morgan fingerprint density at radius 3 is 2.84 bits per heavy atom. The number of rotatable bonds is 11. The molecule has 1 fully saturated rings. The number of nitrogens with one attached hydrogen (secondary N) is 1. The first-order valence-corrected chi connectivity index (χ1v) is 9.84. The van der Waals surface area contributed by atoms with Crippen LogP contribution in [0.25, 0.3) is 0 Å². The second-order valence-electron chi connectivity index (χ2n) is 7.14. The largest absolute Gasteiger partial charge is 0.490 e. The number of amides is 1. The van der Waals surface area contributed by atoms with Crippen molar-refractivity contribution in [2.45, 2.75) is 70.8 Å². The van der Waals surface area contributed by atoms with Crippen LogP contribution in [0.2, 0.25) is 0 Å². The van der Waals surface area contributed by atoms with E-state index in [0.29, 0.717) is 25.0 Å². The maximum atomic E-state index is 12.1. The topological polar surface area (TPSA) is 58.6 Å². The van der Waals surface area contributed by atoms with E-state index in [1.807, 2.05) is 12.1 Å². The van der Waals surface area contributed by atoms with Crippen LogP contribution in [0.1, 0.15) is 63.9 Å². The highest BCUT2D eigenvalue weighted by atomic mass is 16.5. The first kappa shape index (κ1) is 19.8. The lowest BCUT2D eigenvalue weighted by Crippen LogP contribution is -2.29. The zero-order chi connectivity index (χ0) is 17.9. The molecule has 0 aliphatic heterocycles. The first-order chi connectivity index (χ1) is 12.2. The molecular formula is C21H33NO3. The molecule has 1 amide bonds. The molecule has 0 spiro atoms. The number of aryl methyl sites for hydroxylation is 1. The van der Waals surface area contributed by atoms with Crippen molar-refractivity contribution >= 4 is 5.91 Å². The van der Waals surface area contributed by atoms with Gasteiger partial charge in [0.05, 0.1) is 6.10 Å². The summed E-state index contributed by atoms with van der Waals surface area (Å²) in [6, 6.07) is 8.14. The zero-order valence-corrected chi connectivity index (χ0v) is 15.5. The Kier molecular flexibility index (Phi) is 8.81. The molecular weight excluding hydrogens is 314 g/mol. The second kappa shape index (κ2) is 11.1. The Morgan fingerprint density at radius 1 is 1.32 bits per heavy atom.